The summed E-state index contributed by atoms with van der Waals surface area (Å²) in [5.41, 5.74) is 1.48. The number of nitrogens with one attached hydrogen (secondary N) is 2. The van der Waals surface area contributed by atoms with E-state index in [1.54, 1.807) is 21.5 Å². The minimum Gasteiger partial charge on any atom is -0.492 e. The minimum absolute atomic E-state index is 0. The summed E-state index contributed by atoms with van der Waals surface area (Å²) >= 11 is 0. The molecule has 4 N–H and O–H groups in total. The van der Waals surface area contributed by atoms with Crippen LogP contribution in [0.2, 0.25) is 0 Å². The van der Waals surface area contributed by atoms with Crippen molar-refractivity contribution in [3.05, 3.63) is 117 Å². The number of nitrogens with zero attached hydrogens (tertiary/aromatic N) is 6. The maximum atomic E-state index is 15.1. The summed E-state index contributed by atoms with van der Waals surface area (Å²) in [6.07, 6.45) is 9.89. The average Bonchev–Trinajstić information content (AvgIpc) is 4.28. The molecule has 2 atom stereocenters. The van der Waals surface area contributed by atoms with Gasteiger partial charge < -0.3 is 49.3 Å². The molecule has 7 aromatic rings. The Morgan fingerprint density at radius 1 is 0.667 bits per heavy atom. The second kappa shape index (κ2) is 20.3. The summed E-state index contributed by atoms with van der Waals surface area (Å²) in [4.78, 5) is 60.9. The molecule has 4 fully saturated rings. The number of pyridine rings is 4. The summed E-state index contributed by atoms with van der Waals surface area (Å²) in [5.74, 6) is -3.18. The molecule has 2 unspecified atom stereocenters. The molecule has 4 aliphatic rings. The van der Waals surface area contributed by atoms with Crippen LogP contribution in [0.15, 0.2) is 82.9 Å². The van der Waals surface area contributed by atoms with Crippen LogP contribution in [-0.2, 0) is 0 Å². The van der Waals surface area contributed by atoms with E-state index >= 15 is 8.78 Å². The molecule has 3 aromatic carbocycles. The van der Waals surface area contributed by atoms with Gasteiger partial charge in [-0.2, -0.15) is 0 Å². The van der Waals surface area contributed by atoms with Crippen molar-refractivity contribution in [3.63, 3.8) is 0 Å². The number of halogens is 2. The predicted octanol–water partition coefficient (Wildman–Crippen LogP) is 6.36. The van der Waals surface area contributed by atoms with Crippen molar-refractivity contribution >= 4 is 93.1 Å². The van der Waals surface area contributed by atoms with E-state index in [0.29, 0.717) is 60.1 Å². The minimum atomic E-state index is -1.31. The molecule has 19 heteroatoms. The molecule has 0 bridgehead atoms. The molecule has 69 heavy (non-hydrogen) atoms. The fourth-order valence-corrected chi connectivity index (χ4v) is 9.40. The number of methoxy groups -OCH3 is 2. The zero-order chi connectivity index (χ0) is 48.0. The molecule has 2 aliphatic carbocycles. The van der Waals surface area contributed by atoms with Gasteiger partial charge in [-0.15, -0.1) is 0 Å². The Labute approximate surface area is 414 Å². The third kappa shape index (κ3) is 9.68. The van der Waals surface area contributed by atoms with Crippen LogP contribution in [0.4, 0.5) is 20.2 Å². The molecule has 6 heterocycles. The third-order valence-electron chi connectivity index (χ3n) is 12.9. The van der Waals surface area contributed by atoms with E-state index in [1.165, 1.54) is 26.6 Å². The van der Waals surface area contributed by atoms with Crippen LogP contribution in [0.1, 0.15) is 72.3 Å². The van der Waals surface area contributed by atoms with Crippen molar-refractivity contribution in [1.29, 1.82) is 0 Å². The average molecular weight is 1140 g/mol. The number of carbonyl (C=O) groups is 2. The number of hydrogen-bond donors (Lipinski definition) is 4. The first-order chi connectivity index (χ1) is 32.8. The summed E-state index contributed by atoms with van der Waals surface area (Å²) in [6.45, 7) is 7.94. The van der Waals surface area contributed by atoms with Gasteiger partial charge in [0.1, 0.15) is 22.5 Å². The maximum Gasteiger partial charge on any atom is 3.00 e. The largest absolute Gasteiger partial charge is 3.00 e. The van der Waals surface area contributed by atoms with Gasteiger partial charge in [-0.25, -0.2) is 18.4 Å². The van der Waals surface area contributed by atoms with Gasteiger partial charge >= 0.3 is 38.1 Å². The van der Waals surface area contributed by atoms with Crippen LogP contribution in [-0.4, -0.2) is 133 Å². The molecule has 0 spiro atoms. The second-order valence-corrected chi connectivity index (χ2v) is 17.7. The van der Waals surface area contributed by atoms with Gasteiger partial charge in [0.05, 0.1) is 47.1 Å². The van der Waals surface area contributed by atoms with Crippen LogP contribution in [0, 0.1) is 11.6 Å². The number of aromatic carboxylic acids is 2. The van der Waals surface area contributed by atoms with E-state index in [2.05, 4.69) is 44.9 Å². The number of hydrogen-bond acceptors (Lipinski definition) is 12. The predicted molar refractivity (Wildman–Crippen MR) is 262 cm³/mol. The number of ether oxygens (including phenoxy) is 2. The monoisotopic (exact) mass is 1140 g/mol. The van der Waals surface area contributed by atoms with Gasteiger partial charge in [0.2, 0.25) is 10.9 Å². The molecule has 0 amide bonds. The second-order valence-electron chi connectivity index (χ2n) is 17.7. The first-order valence-electron chi connectivity index (χ1n) is 22.7. The van der Waals surface area contributed by atoms with Crippen LogP contribution in [0.3, 0.4) is 0 Å². The quantitative estimate of drug-likeness (QED) is 0.0970. The summed E-state index contributed by atoms with van der Waals surface area (Å²) in [5, 5.41) is 27.8. The number of carboxylic acid groups (broad SMARTS) is 2. The van der Waals surface area contributed by atoms with E-state index < -0.39 is 34.4 Å². The van der Waals surface area contributed by atoms with Crippen molar-refractivity contribution < 1.29 is 38.1 Å². The van der Waals surface area contributed by atoms with Crippen molar-refractivity contribution in [2.24, 2.45) is 0 Å². The smallest absolute Gasteiger partial charge is 0.492 e. The third-order valence-corrected chi connectivity index (χ3v) is 12.9. The number of piperazine rings is 2. The number of benzene rings is 3. The number of aromatic nitrogens is 4. The normalized spacial score (nSPS) is 17.9. The van der Waals surface area contributed by atoms with Crippen molar-refractivity contribution in [3.8, 4) is 11.5 Å². The molecular formula is C50H52BiF2N8O8+3. The number of fused-ring (bicyclic) bond motifs is 5. The Morgan fingerprint density at radius 2 is 1.06 bits per heavy atom. The van der Waals surface area contributed by atoms with E-state index in [1.807, 2.05) is 35.8 Å². The van der Waals surface area contributed by atoms with Crippen LogP contribution in [0.5, 0.6) is 11.5 Å². The zero-order valence-corrected chi connectivity index (χ0v) is 42.0. The van der Waals surface area contributed by atoms with Gasteiger partial charge in [0.25, 0.3) is 0 Å². The number of rotatable bonds is 8. The summed E-state index contributed by atoms with van der Waals surface area (Å²) in [7, 11) is 2.91. The maximum absolute atomic E-state index is 15.1. The zero-order valence-electron chi connectivity index (χ0n) is 38.5. The van der Waals surface area contributed by atoms with Crippen LogP contribution in [0.25, 0.3) is 43.6 Å². The Morgan fingerprint density at radius 3 is 1.39 bits per heavy atom. The summed E-state index contributed by atoms with van der Waals surface area (Å²) < 4.78 is 44.9. The van der Waals surface area contributed by atoms with E-state index in [-0.39, 0.29) is 72.3 Å². The van der Waals surface area contributed by atoms with E-state index in [0.717, 1.165) is 72.7 Å². The van der Waals surface area contributed by atoms with Crippen LogP contribution >= 0.6 is 0 Å². The molecule has 16 nitrogen and oxygen atoms in total. The standard InChI is InChI=1S/2C19H22FN3O4.C12H8N2.Bi/c2*1-10-8-22(6-5-21-10)16-14(20)7-12-15(18(16)27-2)23(11-3-4-11)9-13(17(12)24)19(25)26;1-3-9-5-6-10-4-2-8-14-12(10)11(9)13-7-1;/h2*7,9-11,21H,3-6,8H2,1-2H3,(H,25,26);1-8H;/q;;;+3. The molecular weight excluding hydrogens is 1090 g/mol. The fraction of sp³-hybridized carbons (Fsp3) is 0.360. The molecule has 2 saturated carbocycles. The Bertz CT molecular complexity index is 3040. The number of anilines is 2. The Kier molecular flexibility index (Phi) is 14.5. The van der Waals surface area contributed by atoms with Gasteiger partial charge in [-0.1, -0.05) is 24.3 Å². The number of carboxylic acids is 2. The topological polar surface area (TPSA) is 193 Å². The van der Waals surface area contributed by atoms with Gasteiger partial charge in [0.15, 0.2) is 23.1 Å². The molecule has 4 aromatic heterocycles. The molecule has 2 saturated heterocycles. The Hall–Kier alpha value is -6.30. The van der Waals surface area contributed by atoms with Gasteiger partial charge in [-0.05, 0) is 63.8 Å². The first-order valence-corrected chi connectivity index (χ1v) is 22.7. The van der Waals surface area contributed by atoms with Crippen LogP contribution < -0.4 is 40.8 Å². The molecule has 2 radical (unpaired) electrons. The molecule has 356 valence electrons. The van der Waals surface area contributed by atoms with Crippen molar-refractivity contribution in [2.45, 2.75) is 63.7 Å². The van der Waals surface area contributed by atoms with Crippen molar-refractivity contribution in [2.75, 3.05) is 63.3 Å². The van der Waals surface area contributed by atoms with E-state index in [4.69, 9.17) is 9.47 Å². The fourth-order valence-electron chi connectivity index (χ4n) is 9.40. The van der Waals surface area contributed by atoms with Crippen molar-refractivity contribution in [1.82, 2.24) is 29.7 Å². The first kappa shape index (κ1) is 49.1. The van der Waals surface area contributed by atoms with Gasteiger partial charge in [0, 0.05) is 99.0 Å². The molecule has 2 aliphatic heterocycles. The Balaban J connectivity index is 0.000000145. The molecule has 11 rings (SSSR count). The van der Waals surface area contributed by atoms with E-state index in [9.17, 15) is 29.4 Å². The SMILES string of the molecule is COc1c(N2CCNC(C)C2)c(F)cc2c(=O)c(C(=O)O)cn(C3CC3)c12.COc1c(N2CCNC(C)C2)c(F)cc2c(=O)c(C(=O)O)cn(C3CC3)c12.[Bi+3].c1cnc2c(c1)ccc1cccnc12. The van der Waals surface area contributed by atoms with Gasteiger partial charge in [-0.3, -0.25) is 19.6 Å². The summed E-state index contributed by atoms with van der Waals surface area (Å²) in [6, 6.07) is 15.0.